The lowest BCUT2D eigenvalue weighted by Gasteiger charge is -2.22. The summed E-state index contributed by atoms with van der Waals surface area (Å²) in [5.41, 5.74) is 2.30. The van der Waals surface area contributed by atoms with Crippen LogP contribution in [0, 0.1) is 0 Å². The van der Waals surface area contributed by atoms with Crippen LogP contribution in [-0.4, -0.2) is 22.1 Å². The Morgan fingerprint density at radius 2 is 2.10 bits per heavy atom. The van der Waals surface area contributed by atoms with E-state index >= 15 is 0 Å². The van der Waals surface area contributed by atoms with Crippen LogP contribution < -0.4 is 0 Å². The highest BCUT2D eigenvalue weighted by Crippen LogP contribution is 2.45. The summed E-state index contributed by atoms with van der Waals surface area (Å²) in [6.45, 7) is 4.00. The van der Waals surface area contributed by atoms with Gasteiger partial charge in [0, 0.05) is 28.6 Å². The van der Waals surface area contributed by atoms with E-state index in [1.807, 2.05) is 32.0 Å². The number of aliphatic imine (C=N–C) groups is 1. The molecule has 4 nitrogen and oxygen atoms in total. The number of aliphatic hydroxyl groups is 1. The van der Waals surface area contributed by atoms with E-state index < -0.39 is 5.41 Å². The molecule has 100 valence electrons. The summed E-state index contributed by atoms with van der Waals surface area (Å²) in [5, 5.41) is 11.2. The largest absolute Gasteiger partial charge is 0.515 e. The Morgan fingerprint density at radius 1 is 1.30 bits per heavy atom. The van der Waals surface area contributed by atoms with Crippen molar-refractivity contribution in [2.75, 3.05) is 0 Å². The van der Waals surface area contributed by atoms with Crippen molar-refractivity contribution in [3.05, 3.63) is 48.0 Å². The quantitative estimate of drug-likeness (QED) is 0.515. The number of pyridine rings is 1. The molecule has 0 aliphatic carbocycles. The summed E-state index contributed by atoms with van der Waals surface area (Å²) in [6, 6.07) is 5.93. The number of benzene rings is 1. The molecule has 1 aromatic heterocycles. The molecule has 0 unspecified atom stereocenters. The fraction of sp³-hybridized carbons (Fsp3) is 0.188. The molecule has 1 N–H and O–H groups in total. The molecule has 0 fully saturated rings. The zero-order valence-electron chi connectivity index (χ0n) is 11.3. The minimum atomic E-state index is -0.414. The molecule has 2 aromatic rings. The highest BCUT2D eigenvalue weighted by Gasteiger charge is 2.37. The van der Waals surface area contributed by atoms with Gasteiger partial charge in [-0.3, -0.25) is 14.8 Å². The zero-order valence-corrected chi connectivity index (χ0v) is 11.3. The first-order chi connectivity index (χ1) is 9.59. The maximum absolute atomic E-state index is 11.1. The van der Waals surface area contributed by atoms with E-state index in [2.05, 4.69) is 9.98 Å². The summed E-state index contributed by atoms with van der Waals surface area (Å²) in [5.74, 6) is 0. The van der Waals surface area contributed by atoms with Crippen LogP contribution in [0.3, 0.4) is 0 Å². The molecule has 0 spiro atoms. The van der Waals surface area contributed by atoms with Crippen LogP contribution >= 0.6 is 0 Å². The van der Waals surface area contributed by atoms with Crippen LogP contribution in [-0.2, 0) is 10.2 Å². The third-order valence-electron chi connectivity index (χ3n) is 3.82. The maximum atomic E-state index is 11.1. The Labute approximate surface area is 116 Å². The minimum absolute atomic E-state index is 0.216. The second-order valence-electron chi connectivity index (χ2n) is 5.35. The molecule has 0 bridgehead atoms. The lowest BCUT2D eigenvalue weighted by atomic mass is 9.79. The van der Waals surface area contributed by atoms with Gasteiger partial charge >= 0.3 is 0 Å². The van der Waals surface area contributed by atoms with Crippen molar-refractivity contribution in [1.29, 1.82) is 0 Å². The van der Waals surface area contributed by atoms with E-state index in [0.29, 0.717) is 12.0 Å². The first kappa shape index (κ1) is 12.5. The van der Waals surface area contributed by atoms with Gasteiger partial charge in [-0.1, -0.05) is 26.0 Å². The van der Waals surface area contributed by atoms with Crippen molar-refractivity contribution in [2.45, 2.75) is 19.3 Å². The molecule has 1 aromatic carbocycles. The number of carbonyl (C=O) groups is 1. The number of nitrogens with zero attached hydrogens (tertiary/aromatic N) is 2. The van der Waals surface area contributed by atoms with Crippen LogP contribution in [0.4, 0.5) is 5.69 Å². The van der Waals surface area contributed by atoms with Gasteiger partial charge in [-0.15, -0.1) is 0 Å². The molecule has 3 rings (SSSR count). The fourth-order valence-electron chi connectivity index (χ4n) is 2.73. The predicted octanol–water partition coefficient (Wildman–Crippen LogP) is 3.24. The molecule has 0 atom stereocenters. The van der Waals surface area contributed by atoms with Gasteiger partial charge in [0.25, 0.3) is 0 Å². The molecule has 4 heteroatoms. The third kappa shape index (κ3) is 1.58. The van der Waals surface area contributed by atoms with Crippen LogP contribution in [0.1, 0.15) is 19.4 Å². The Balaban J connectivity index is 2.33. The topological polar surface area (TPSA) is 62.5 Å². The number of rotatable bonds is 2. The van der Waals surface area contributed by atoms with Gasteiger partial charge in [-0.2, -0.15) is 0 Å². The summed E-state index contributed by atoms with van der Waals surface area (Å²) >= 11 is 0. The van der Waals surface area contributed by atoms with E-state index in [4.69, 9.17) is 0 Å². The van der Waals surface area contributed by atoms with Crippen molar-refractivity contribution in [1.82, 2.24) is 4.98 Å². The number of hydrogen-bond donors (Lipinski definition) is 1. The summed E-state index contributed by atoms with van der Waals surface area (Å²) in [4.78, 5) is 19.8. The zero-order chi connectivity index (χ0) is 14.3. The summed E-state index contributed by atoms with van der Waals surface area (Å²) < 4.78 is 0. The van der Waals surface area contributed by atoms with E-state index in [0.717, 1.165) is 28.3 Å². The van der Waals surface area contributed by atoms with Gasteiger partial charge < -0.3 is 5.11 Å². The number of allylic oxidation sites excluding steroid dienone is 1. The van der Waals surface area contributed by atoms with Gasteiger partial charge in [0.2, 0.25) is 0 Å². The average molecular weight is 266 g/mol. The van der Waals surface area contributed by atoms with Gasteiger partial charge in [0.1, 0.15) is 0 Å². The molecule has 1 aliphatic heterocycles. The number of aliphatic hydroxyl groups excluding tert-OH is 1. The molecular formula is C16H14N2O2. The van der Waals surface area contributed by atoms with Crippen LogP contribution in [0.15, 0.2) is 47.4 Å². The highest BCUT2D eigenvalue weighted by atomic mass is 16.2. The van der Waals surface area contributed by atoms with E-state index in [1.165, 1.54) is 0 Å². The SMILES string of the molecule is CC1(C)C(/C(C=O)=C\O)=Nc2c1ccc1cnccc21. The Morgan fingerprint density at radius 3 is 2.80 bits per heavy atom. The Hall–Kier alpha value is -2.49. The van der Waals surface area contributed by atoms with Gasteiger partial charge in [-0.25, -0.2) is 0 Å². The van der Waals surface area contributed by atoms with Crippen molar-refractivity contribution < 1.29 is 9.90 Å². The summed E-state index contributed by atoms with van der Waals surface area (Å²) in [6.07, 6.45) is 4.98. The van der Waals surface area contributed by atoms with Crippen molar-refractivity contribution in [2.24, 2.45) is 4.99 Å². The standard InChI is InChI=1S/C16H14N2O2/c1-16(2)13-4-3-10-7-17-6-5-12(10)14(13)18-15(16)11(8-19)9-20/h3-9,19H,1-2H3/b11-8-. The van der Waals surface area contributed by atoms with Crippen molar-refractivity contribution in [3.8, 4) is 0 Å². The van der Waals surface area contributed by atoms with Crippen molar-refractivity contribution >= 4 is 28.5 Å². The smallest absolute Gasteiger partial charge is 0.155 e. The average Bonchev–Trinajstić information content (AvgIpc) is 2.73. The first-order valence-corrected chi connectivity index (χ1v) is 6.36. The van der Waals surface area contributed by atoms with E-state index in [9.17, 15) is 9.90 Å². The molecule has 0 amide bonds. The predicted molar refractivity (Wildman–Crippen MR) is 78.6 cm³/mol. The van der Waals surface area contributed by atoms with E-state index in [1.54, 1.807) is 12.4 Å². The third-order valence-corrected chi connectivity index (χ3v) is 3.82. The Bertz CT molecular complexity index is 773. The molecule has 0 radical (unpaired) electrons. The molecule has 1 aliphatic rings. The normalized spacial score (nSPS) is 16.9. The number of carbonyl (C=O) groups excluding carboxylic acids is 1. The molecule has 2 heterocycles. The lowest BCUT2D eigenvalue weighted by Crippen LogP contribution is -2.27. The highest BCUT2D eigenvalue weighted by molar-refractivity contribution is 6.23. The van der Waals surface area contributed by atoms with Crippen molar-refractivity contribution in [3.63, 3.8) is 0 Å². The fourth-order valence-corrected chi connectivity index (χ4v) is 2.73. The van der Waals surface area contributed by atoms with Gasteiger partial charge in [0.15, 0.2) is 6.29 Å². The molecular weight excluding hydrogens is 252 g/mol. The van der Waals surface area contributed by atoms with Crippen LogP contribution in [0.25, 0.3) is 10.8 Å². The van der Waals surface area contributed by atoms with Crippen LogP contribution in [0.5, 0.6) is 0 Å². The van der Waals surface area contributed by atoms with Gasteiger partial charge in [0.05, 0.1) is 23.2 Å². The minimum Gasteiger partial charge on any atom is -0.515 e. The van der Waals surface area contributed by atoms with Crippen LogP contribution in [0.2, 0.25) is 0 Å². The first-order valence-electron chi connectivity index (χ1n) is 6.36. The number of aldehydes is 1. The second kappa shape index (κ2) is 4.27. The lowest BCUT2D eigenvalue weighted by molar-refractivity contribution is -0.104. The molecule has 20 heavy (non-hydrogen) atoms. The number of aromatic nitrogens is 1. The maximum Gasteiger partial charge on any atom is 0.155 e. The molecule has 0 saturated heterocycles. The molecule has 0 saturated carbocycles. The number of hydrogen-bond acceptors (Lipinski definition) is 4. The summed E-state index contributed by atoms with van der Waals surface area (Å²) in [7, 11) is 0. The number of fused-ring (bicyclic) bond motifs is 3. The monoisotopic (exact) mass is 266 g/mol. The van der Waals surface area contributed by atoms with E-state index in [-0.39, 0.29) is 5.57 Å². The Kier molecular flexibility index (Phi) is 2.67. The second-order valence-corrected chi connectivity index (χ2v) is 5.35. The van der Waals surface area contributed by atoms with Gasteiger partial charge in [-0.05, 0) is 11.6 Å².